The lowest BCUT2D eigenvalue weighted by Crippen LogP contribution is -2.49. The van der Waals surface area contributed by atoms with Crippen molar-refractivity contribution in [2.75, 3.05) is 38.5 Å². The monoisotopic (exact) mass is 501 g/mol. The van der Waals surface area contributed by atoms with Crippen LogP contribution < -0.4 is 0 Å². The standard InChI is InChI=1S/C29H35N5OS/c35-27(33-21-19-32(20-22-33)18-10-13-24-11-4-1-5-12-24)23-36-29-31-30-28(25-14-6-2-7-15-25)34(29)26-16-8-3-9-17-26/h1-2,4-7,10-15,26H,3,8-9,16-23H2/b13-10+. The van der Waals surface area contributed by atoms with Gasteiger partial charge >= 0.3 is 0 Å². The third kappa shape index (κ3) is 6.26. The van der Waals surface area contributed by atoms with Crippen molar-refractivity contribution in [2.45, 2.75) is 43.3 Å². The molecule has 1 saturated carbocycles. The zero-order chi connectivity index (χ0) is 24.6. The fourth-order valence-electron chi connectivity index (χ4n) is 5.13. The Kier molecular flexibility index (Phi) is 8.51. The van der Waals surface area contributed by atoms with Crippen molar-refractivity contribution in [3.05, 3.63) is 72.3 Å². The molecule has 6 nitrogen and oxygen atoms in total. The summed E-state index contributed by atoms with van der Waals surface area (Å²) in [5.74, 6) is 1.53. The third-order valence-electron chi connectivity index (χ3n) is 7.16. The Morgan fingerprint density at radius 2 is 1.58 bits per heavy atom. The number of aromatic nitrogens is 3. The second-order valence-corrected chi connectivity index (χ2v) is 10.6. The number of piperazine rings is 1. The van der Waals surface area contributed by atoms with Crippen LogP contribution in [0.15, 0.2) is 71.9 Å². The highest BCUT2D eigenvalue weighted by atomic mass is 32.2. The lowest BCUT2D eigenvalue weighted by atomic mass is 9.95. The molecule has 2 aliphatic rings. The quantitative estimate of drug-likeness (QED) is 0.387. The fraction of sp³-hybridized carbons (Fsp3) is 0.414. The molecule has 2 aromatic carbocycles. The van der Waals surface area contributed by atoms with E-state index >= 15 is 0 Å². The van der Waals surface area contributed by atoms with Gasteiger partial charge in [0.15, 0.2) is 11.0 Å². The van der Waals surface area contributed by atoms with Gasteiger partial charge in [0.1, 0.15) is 0 Å². The second kappa shape index (κ2) is 12.4. The highest BCUT2D eigenvalue weighted by molar-refractivity contribution is 7.99. The summed E-state index contributed by atoms with van der Waals surface area (Å²) in [5.41, 5.74) is 2.31. The minimum absolute atomic E-state index is 0.193. The summed E-state index contributed by atoms with van der Waals surface area (Å²) in [6.07, 6.45) is 10.5. The molecule has 0 spiro atoms. The Hall–Kier alpha value is -2.90. The number of carbonyl (C=O) groups excluding carboxylic acids is 1. The fourth-order valence-corrected chi connectivity index (χ4v) is 6.04. The average Bonchev–Trinajstić information content (AvgIpc) is 3.38. The predicted octanol–water partition coefficient (Wildman–Crippen LogP) is 5.40. The van der Waals surface area contributed by atoms with E-state index in [2.05, 4.69) is 68.2 Å². The lowest BCUT2D eigenvalue weighted by Gasteiger charge is -2.34. The molecule has 3 aromatic rings. The van der Waals surface area contributed by atoms with Crippen molar-refractivity contribution in [3.63, 3.8) is 0 Å². The van der Waals surface area contributed by atoms with Gasteiger partial charge in [-0.05, 0) is 18.4 Å². The van der Waals surface area contributed by atoms with Gasteiger partial charge in [-0.1, -0.05) is 104 Å². The number of nitrogens with zero attached hydrogens (tertiary/aromatic N) is 5. The summed E-state index contributed by atoms with van der Waals surface area (Å²) in [7, 11) is 0. The number of hydrogen-bond donors (Lipinski definition) is 0. The normalized spacial score (nSPS) is 17.6. The first-order valence-electron chi connectivity index (χ1n) is 13.1. The largest absolute Gasteiger partial charge is 0.339 e. The molecule has 7 heteroatoms. The van der Waals surface area contributed by atoms with Crippen LogP contribution in [0.3, 0.4) is 0 Å². The lowest BCUT2D eigenvalue weighted by molar-refractivity contribution is -0.130. The average molecular weight is 502 g/mol. The summed E-state index contributed by atoms with van der Waals surface area (Å²) in [5, 5.41) is 9.99. The Morgan fingerprint density at radius 3 is 2.31 bits per heavy atom. The smallest absolute Gasteiger partial charge is 0.233 e. The van der Waals surface area contributed by atoms with Crippen molar-refractivity contribution < 1.29 is 4.79 Å². The molecule has 1 aromatic heterocycles. The van der Waals surface area contributed by atoms with Crippen LogP contribution in [0.2, 0.25) is 0 Å². The molecule has 2 fully saturated rings. The molecule has 1 aliphatic carbocycles. The Balaban J connectivity index is 1.16. The summed E-state index contributed by atoms with van der Waals surface area (Å²) >= 11 is 1.54. The first kappa shape index (κ1) is 24.8. The summed E-state index contributed by atoms with van der Waals surface area (Å²) in [4.78, 5) is 17.5. The molecule has 0 atom stereocenters. The molecular weight excluding hydrogens is 466 g/mol. The van der Waals surface area contributed by atoms with Gasteiger partial charge in [-0.2, -0.15) is 0 Å². The summed E-state index contributed by atoms with van der Waals surface area (Å²) < 4.78 is 2.31. The third-order valence-corrected chi connectivity index (χ3v) is 8.09. The van der Waals surface area contributed by atoms with E-state index in [0.717, 1.165) is 62.1 Å². The first-order chi connectivity index (χ1) is 17.8. The van der Waals surface area contributed by atoms with E-state index in [4.69, 9.17) is 0 Å². The van der Waals surface area contributed by atoms with Gasteiger partial charge in [-0.25, -0.2) is 0 Å². The predicted molar refractivity (Wildman–Crippen MR) is 147 cm³/mol. The number of amides is 1. The van der Waals surface area contributed by atoms with Crippen LogP contribution in [0.5, 0.6) is 0 Å². The van der Waals surface area contributed by atoms with Crippen LogP contribution in [-0.4, -0.2) is 68.9 Å². The number of rotatable bonds is 8. The van der Waals surface area contributed by atoms with E-state index < -0.39 is 0 Å². The van der Waals surface area contributed by atoms with Crippen LogP contribution >= 0.6 is 11.8 Å². The van der Waals surface area contributed by atoms with Gasteiger partial charge in [-0.3, -0.25) is 14.3 Å². The molecule has 0 bridgehead atoms. The van der Waals surface area contributed by atoms with Crippen molar-refractivity contribution in [3.8, 4) is 11.4 Å². The maximum absolute atomic E-state index is 13.1. The van der Waals surface area contributed by atoms with Gasteiger partial charge in [0.2, 0.25) is 5.91 Å². The van der Waals surface area contributed by atoms with Crippen LogP contribution in [0.4, 0.5) is 0 Å². The molecule has 0 unspecified atom stereocenters. The highest BCUT2D eigenvalue weighted by Gasteiger charge is 2.26. The molecule has 0 radical (unpaired) electrons. The van der Waals surface area contributed by atoms with E-state index in [9.17, 15) is 4.79 Å². The molecule has 36 heavy (non-hydrogen) atoms. The SMILES string of the molecule is O=C(CSc1nnc(-c2ccccc2)n1C1CCCCC1)N1CCN(C/C=C/c2ccccc2)CC1. The summed E-state index contributed by atoms with van der Waals surface area (Å²) in [6, 6.07) is 21.1. The van der Waals surface area contributed by atoms with E-state index in [-0.39, 0.29) is 5.91 Å². The molecule has 1 amide bonds. The van der Waals surface area contributed by atoms with Crippen LogP contribution in [-0.2, 0) is 4.79 Å². The topological polar surface area (TPSA) is 54.3 Å². The minimum Gasteiger partial charge on any atom is -0.339 e. The van der Waals surface area contributed by atoms with E-state index in [1.54, 1.807) is 11.8 Å². The van der Waals surface area contributed by atoms with Gasteiger partial charge < -0.3 is 4.90 Å². The van der Waals surface area contributed by atoms with Crippen molar-refractivity contribution in [1.29, 1.82) is 0 Å². The van der Waals surface area contributed by atoms with Crippen LogP contribution in [0.1, 0.15) is 43.7 Å². The number of thioether (sulfide) groups is 1. The molecule has 5 rings (SSSR count). The Labute approximate surface area is 218 Å². The van der Waals surface area contributed by atoms with E-state index in [1.165, 1.54) is 24.8 Å². The number of benzene rings is 2. The van der Waals surface area contributed by atoms with Gasteiger partial charge in [0.25, 0.3) is 0 Å². The van der Waals surface area contributed by atoms with Crippen molar-refractivity contribution in [2.24, 2.45) is 0 Å². The molecular formula is C29H35N5OS. The Morgan fingerprint density at radius 1 is 0.889 bits per heavy atom. The maximum Gasteiger partial charge on any atom is 0.233 e. The van der Waals surface area contributed by atoms with Gasteiger partial charge in [0, 0.05) is 44.3 Å². The molecule has 188 valence electrons. The van der Waals surface area contributed by atoms with E-state index in [0.29, 0.717) is 11.8 Å². The van der Waals surface area contributed by atoms with E-state index in [1.807, 2.05) is 29.2 Å². The molecule has 1 saturated heterocycles. The van der Waals surface area contributed by atoms with Crippen molar-refractivity contribution >= 4 is 23.7 Å². The molecule has 2 heterocycles. The van der Waals surface area contributed by atoms with Gasteiger partial charge in [0.05, 0.1) is 5.75 Å². The zero-order valence-corrected chi connectivity index (χ0v) is 21.7. The second-order valence-electron chi connectivity index (χ2n) is 9.62. The minimum atomic E-state index is 0.193. The highest BCUT2D eigenvalue weighted by Crippen LogP contribution is 2.35. The van der Waals surface area contributed by atoms with Gasteiger partial charge in [-0.15, -0.1) is 10.2 Å². The summed E-state index contributed by atoms with van der Waals surface area (Å²) in [6.45, 7) is 4.29. The van der Waals surface area contributed by atoms with Crippen LogP contribution in [0.25, 0.3) is 17.5 Å². The van der Waals surface area contributed by atoms with Crippen LogP contribution in [0, 0.1) is 0 Å². The van der Waals surface area contributed by atoms with Crippen molar-refractivity contribution in [1.82, 2.24) is 24.6 Å². The maximum atomic E-state index is 13.1. The zero-order valence-electron chi connectivity index (χ0n) is 20.8. The first-order valence-corrected chi connectivity index (χ1v) is 14.1. The molecule has 1 aliphatic heterocycles. The number of hydrogen-bond acceptors (Lipinski definition) is 5. The Bertz CT molecular complexity index is 1130. The molecule has 0 N–H and O–H groups in total. The number of carbonyl (C=O) groups is 1.